The number of hydrogen-bond donors (Lipinski definition) is 0. The number of rotatable bonds is 7. The average molecular weight is 326 g/mol. The molecule has 1 aliphatic rings. The lowest BCUT2D eigenvalue weighted by Gasteiger charge is -2.31. The Morgan fingerprint density at radius 1 is 1.04 bits per heavy atom. The van der Waals surface area contributed by atoms with Crippen LogP contribution in [0.4, 0.5) is 0 Å². The number of piperidine rings is 1. The lowest BCUT2D eigenvalue weighted by Crippen LogP contribution is -2.37. The van der Waals surface area contributed by atoms with Crippen LogP contribution in [-0.2, 0) is 6.42 Å². The molecule has 0 bridgehead atoms. The van der Waals surface area contributed by atoms with Gasteiger partial charge in [-0.25, -0.2) is 0 Å². The van der Waals surface area contributed by atoms with Crippen LogP contribution in [0.25, 0.3) is 0 Å². The second-order valence-electron chi connectivity index (χ2n) is 6.33. The van der Waals surface area contributed by atoms with Crippen LogP contribution >= 0.6 is 0 Å². The fourth-order valence-electron chi connectivity index (χ4n) is 3.19. The molecule has 1 aliphatic heterocycles. The summed E-state index contributed by atoms with van der Waals surface area (Å²) in [6.07, 6.45) is 5.50. The van der Waals surface area contributed by atoms with E-state index in [1.807, 2.05) is 36.5 Å². The Labute approximate surface area is 144 Å². The SMILES string of the molecule is COc1ccc(OCCN2CCC(Cc3ccccn3)CC2)cc1. The fraction of sp³-hybridized carbons (Fsp3) is 0.450. The van der Waals surface area contributed by atoms with E-state index in [0.717, 1.165) is 50.1 Å². The second-order valence-corrected chi connectivity index (χ2v) is 6.33. The van der Waals surface area contributed by atoms with E-state index in [1.165, 1.54) is 18.5 Å². The highest BCUT2D eigenvalue weighted by atomic mass is 16.5. The number of nitrogens with zero attached hydrogens (tertiary/aromatic N) is 2. The summed E-state index contributed by atoms with van der Waals surface area (Å²) in [5.74, 6) is 2.52. The van der Waals surface area contributed by atoms with Gasteiger partial charge in [0.25, 0.3) is 0 Å². The molecule has 0 aliphatic carbocycles. The highest BCUT2D eigenvalue weighted by molar-refractivity contribution is 5.31. The third-order valence-electron chi connectivity index (χ3n) is 4.67. The van der Waals surface area contributed by atoms with Gasteiger partial charge in [-0.05, 0) is 74.7 Å². The van der Waals surface area contributed by atoms with E-state index >= 15 is 0 Å². The van der Waals surface area contributed by atoms with Crippen LogP contribution in [0.1, 0.15) is 18.5 Å². The Bertz CT molecular complexity index is 593. The van der Waals surface area contributed by atoms with Crippen molar-refractivity contribution in [3.05, 3.63) is 54.4 Å². The van der Waals surface area contributed by atoms with Gasteiger partial charge in [0, 0.05) is 18.4 Å². The number of ether oxygens (including phenoxy) is 2. The summed E-state index contributed by atoms with van der Waals surface area (Å²) in [4.78, 5) is 6.94. The zero-order valence-corrected chi connectivity index (χ0v) is 14.4. The van der Waals surface area contributed by atoms with Crippen LogP contribution in [-0.4, -0.2) is 43.2 Å². The molecule has 0 atom stereocenters. The fourth-order valence-corrected chi connectivity index (χ4v) is 3.19. The summed E-state index contributed by atoms with van der Waals surface area (Å²) in [5, 5.41) is 0. The van der Waals surface area contributed by atoms with Gasteiger partial charge in [-0.15, -0.1) is 0 Å². The average Bonchev–Trinajstić information content (AvgIpc) is 2.65. The van der Waals surface area contributed by atoms with Crippen molar-refractivity contribution in [3.63, 3.8) is 0 Å². The molecule has 1 saturated heterocycles. The van der Waals surface area contributed by atoms with Gasteiger partial charge < -0.3 is 9.47 Å². The Morgan fingerprint density at radius 2 is 1.79 bits per heavy atom. The number of hydrogen-bond acceptors (Lipinski definition) is 4. The largest absolute Gasteiger partial charge is 0.497 e. The van der Waals surface area contributed by atoms with Crippen LogP contribution in [0.3, 0.4) is 0 Å². The molecule has 4 heteroatoms. The number of pyridine rings is 1. The molecule has 1 aromatic carbocycles. The summed E-state index contributed by atoms with van der Waals surface area (Å²) >= 11 is 0. The smallest absolute Gasteiger partial charge is 0.119 e. The van der Waals surface area contributed by atoms with Crippen LogP contribution in [0.15, 0.2) is 48.7 Å². The van der Waals surface area contributed by atoms with E-state index in [-0.39, 0.29) is 0 Å². The first-order valence-corrected chi connectivity index (χ1v) is 8.72. The maximum absolute atomic E-state index is 5.82. The Balaban J connectivity index is 1.35. The molecule has 3 rings (SSSR count). The van der Waals surface area contributed by atoms with Gasteiger partial charge in [-0.1, -0.05) is 6.07 Å². The van der Waals surface area contributed by atoms with E-state index in [2.05, 4.69) is 22.0 Å². The van der Waals surface area contributed by atoms with Crippen molar-refractivity contribution in [2.45, 2.75) is 19.3 Å². The van der Waals surface area contributed by atoms with Crippen molar-refractivity contribution in [2.24, 2.45) is 5.92 Å². The summed E-state index contributed by atoms with van der Waals surface area (Å²) in [5.41, 5.74) is 1.22. The topological polar surface area (TPSA) is 34.6 Å². The molecule has 0 unspecified atom stereocenters. The predicted molar refractivity (Wildman–Crippen MR) is 95.6 cm³/mol. The lowest BCUT2D eigenvalue weighted by molar-refractivity contribution is 0.154. The molecule has 0 saturated carbocycles. The van der Waals surface area contributed by atoms with Crippen molar-refractivity contribution >= 4 is 0 Å². The zero-order chi connectivity index (χ0) is 16.6. The minimum absolute atomic E-state index is 0.733. The second kappa shape index (κ2) is 8.69. The molecule has 0 N–H and O–H groups in total. The standard InChI is InChI=1S/C20H26N2O2/c1-23-19-5-7-20(8-6-19)24-15-14-22-12-9-17(10-13-22)16-18-4-2-3-11-21-18/h2-8,11,17H,9-10,12-16H2,1H3. The highest BCUT2D eigenvalue weighted by Crippen LogP contribution is 2.21. The van der Waals surface area contributed by atoms with E-state index in [4.69, 9.17) is 9.47 Å². The van der Waals surface area contributed by atoms with E-state index in [9.17, 15) is 0 Å². The van der Waals surface area contributed by atoms with E-state index < -0.39 is 0 Å². The van der Waals surface area contributed by atoms with Crippen LogP contribution in [0.5, 0.6) is 11.5 Å². The first-order valence-electron chi connectivity index (χ1n) is 8.72. The monoisotopic (exact) mass is 326 g/mol. The Kier molecular flexibility index (Phi) is 6.07. The van der Waals surface area contributed by atoms with Gasteiger partial charge >= 0.3 is 0 Å². The zero-order valence-electron chi connectivity index (χ0n) is 14.4. The van der Waals surface area contributed by atoms with Crippen molar-refractivity contribution in [1.29, 1.82) is 0 Å². The van der Waals surface area contributed by atoms with E-state index in [0.29, 0.717) is 0 Å². The van der Waals surface area contributed by atoms with Gasteiger partial charge in [0.2, 0.25) is 0 Å². The van der Waals surface area contributed by atoms with Crippen LogP contribution < -0.4 is 9.47 Å². The third kappa shape index (κ3) is 4.96. The van der Waals surface area contributed by atoms with Crippen molar-refractivity contribution in [2.75, 3.05) is 33.4 Å². The van der Waals surface area contributed by atoms with Gasteiger partial charge in [0.15, 0.2) is 0 Å². The van der Waals surface area contributed by atoms with Crippen molar-refractivity contribution in [3.8, 4) is 11.5 Å². The lowest BCUT2D eigenvalue weighted by atomic mass is 9.92. The maximum atomic E-state index is 5.82. The van der Waals surface area contributed by atoms with Gasteiger partial charge in [0.1, 0.15) is 18.1 Å². The van der Waals surface area contributed by atoms with Gasteiger partial charge in [0.05, 0.1) is 7.11 Å². The molecular weight excluding hydrogens is 300 g/mol. The normalized spacial score (nSPS) is 16.0. The molecule has 2 aromatic rings. The molecule has 4 nitrogen and oxygen atoms in total. The minimum atomic E-state index is 0.733. The molecule has 128 valence electrons. The molecule has 0 radical (unpaired) electrons. The van der Waals surface area contributed by atoms with Crippen molar-refractivity contribution < 1.29 is 9.47 Å². The highest BCUT2D eigenvalue weighted by Gasteiger charge is 2.19. The quantitative estimate of drug-likeness (QED) is 0.781. The summed E-state index contributed by atoms with van der Waals surface area (Å²) in [6.45, 7) is 4.03. The summed E-state index contributed by atoms with van der Waals surface area (Å²) < 4.78 is 11.0. The predicted octanol–water partition coefficient (Wildman–Crippen LogP) is 3.42. The van der Waals surface area contributed by atoms with Crippen molar-refractivity contribution in [1.82, 2.24) is 9.88 Å². The maximum Gasteiger partial charge on any atom is 0.119 e. The number of aromatic nitrogens is 1. The number of methoxy groups -OCH3 is 1. The molecule has 24 heavy (non-hydrogen) atoms. The number of likely N-dealkylation sites (tertiary alicyclic amines) is 1. The number of benzene rings is 1. The molecule has 0 spiro atoms. The Morgan fingerprint density at radius 3 is 2.46 bits per heavy atom. The molecule has 2 heterocycles. The third-order valence-corrected chi connectivity index (χ3v) is 4.67. The van der Waals surface area contributed by atoms with Crippen LogP contribution in [0, 0.1) is 5.92 Å². The van der Waals surface area contributed by atoms with Gasteiger partial charge in [-0.2, -0.15) is 0 Å². The van der Waals surface area contributed by atoms with Crippen LogP contribution in [0.2, 0.25) is 0 Å². The molecular formula is C20H26N2O2. The molecule has 0 amide bonds. The Hall–Kier alpha value is -2.07. The first kappa shape index (κ1) is 16.8. The summed E-state index contributed by atoms with van der Waals surface area (Å²) in [6, 6.07) is 14.0. The van der Waals surface area contributed by atoms with Gasteiger partial charge in [-0.3, -0.25) is 9.88 Å². The van der Waals surface area contributed by atoms with E-state index in [1.54, 1.807) is 7.11 Å². The molecule has 1 aromatic heterocycles. The summed E-state index contributed by atoms with van der Waals surface area (Å²) in [7, 11) is 1.67. The first-order chi connectivity index (χ1) is 11.8. The molecule has 1 fully saturated rings. The minimum Gasteiger partial charge on any atom is -0.497 e.